The van der Waals surface area contributed by atoms with E-state index in [0.717, 1.165) is 12.0 Å². The molecule has 138 valence electrons. The fraction of sp³-hybridized carbons (Fsp3) is 0.182. The molecular weight excluding hydrogens is 360 g/mol. The van der Waals surface area contributed by atoms with E-state index >= 15 is 0 Å². The Bertz CT molecular complexity index is 909. The number of amides is 1. The maximum absolute atomic E-state index is 12.6. The van der Waals surface area contributed by atoms with Crippen LogP contribution in [-0.2, 0) is 11.2 Å². The molecule has 0 aliphatic rings. The number of para-hydroxylation sites is 1. The Balaban J connectivity index is 1.64. The van der Waals surface area contributed by atoms with E-state index in [4.69, 9.17) is 16.3 Å². The van der Waals surface area contributed by atoms with Crippen molar-refractivity contribution >= 4 is 23.2 Å². The van der Waals surface area contributed by atoms with Gasteiger partial charge in [-0.15, -0.1) is 0 Å². The largest absolute Gasteiger partial charge is 0.476 e. The van der Waals surface area contributed by atoms with Crippen molar-refractivity contribution in [1.29, 1.82) is 0 Å². The zero-order valence-electron chi connectivity index (χ0n) is 15.3. The Morgan fingerprint density at radius 1 is 1.00 bits per heavy atom. The number of ether oxygens (including phenoxy) is 1. The van der Waals surface area contributed by atoms with Gasteiger partial charge >= 0.3 is 0 Å². The van der Waals surface area contributed by atoms with Crippen molar-refractivity contribution in [2.24, 2.45) is 0 Å². The number of pyridine rings is 1. The third-order valence-electron chi connectivity index (χ3n) is 4.12. The third-order valence-corrected chi connectivity index (χ3v) is 4.43. The summed E-state index contributed by atoms with van der Waals surface area (Å²) in [5.41, 5.74) is 2.00. The first-order chi connectivity index (χ1) is 12.9. The lowest BCUT2D eigenvalue weighted by atomic mass is 10.1. The second-order valence-electron chi connectivity index (χ2n) is 6.73. The monoisotopic (exact) mass is 380 g/mol. The van der Waals surface area contributed by atoms with E-state index in [0.29, 0.717) is 16.5 Å². The van der Waals surface area contributed by atoms with E-state index in [1.807, 2.05) is 48.5 Å². The van der Waals surface area contributed by atoms with Gasteiger partial charge in [-0.1, -0.05) is 35.9 Å². The summed E-state index contributed by atoms with van der Waals surface area (Å²) in [5.74, 6) is 0.233. The molecule has 1 amide bonds. The van der Waals surface area contributed by atoms with Gasteiger partial charge in [-0.3, -0.25) is 9.78 Å². The molecule has 27 heavy (non-hydrogen) atoms. The molecular formula is C22H21ClN2O2. The lowest BCUT2D eigenvalue weighted by Crippen LogP contribution is -2.42. The van der Waals surface area contributed by atoms with Crippen molar-refractivity contribution in [1.82, 2.24) is 4.98 Å². The minimum Gasteiger partial charge on any atom is -0.476 e. The Morgan fingerprint density at radius 3 is 2.30 bits per heavy atom. The van der Waals surface area contributed by atoms with Crippen molar-refractivity contribution in [3.8, 4) is 5.75 Å². The van der Waals surface area contributed by atoms with Crippen molar-refractivity contribution in [3.05, 3.63) is 89.2 Å². The van der Waals surface area contributed by atoms with Crippen molar-refractivity contribution in [2.75, 3.05) is 5.32 Å². The normalized spacial score (nSPS) is 11.1. The SMILES string of the molecule is CC(C)(Oc1ccccc1Cl)C(=O)Nc1ccc(Cc2ccncc2)cc1. The summed E-state index contributed by atoms with van der Waals surface area (Å²) in [6.45, 7) is 3.42. The molecule has 1 N–H and O–H groups in total. The zero-order valence-corrected chi connectivity index (χ0v) is 16.0. The van der Waals surface area contributed by atoms with E-state index in [9.17, 15) is 4.79 Å². The van der Waals surface area contributed by atoms with Gasteiger partial charge in [0, 0.05) is 18.1 Å². The molecule has 0 spiro atoms. The minimum atomic E-state index is -1.07. The number of aromatic nitrogens is 1. The number of hydrogen-bond acceptors (Lipinski definition) is 3. The molecule has 3 rings (SSSR count). The molecule has 2 aromatic carbocycles. The van der Waals surface area contributed by atoms with Gasteiger partial charge in [0.2, 0.25) is 0 Å². The third kappa shape index (κ3) is 5.08. The van der Waals surface area contributed by atoms with E-state index in [-0.39, 0.29) is 5.91 Å². The van der Waals surface area contributed by atoms with Gasteiger partial charge in [0.25, 0.3) is 5.91 Å². The highest BCUT2D eigenvalue weighted by Crippen LogP contribution is 2.28. The highest BCUT2D eigenvalue weighted by atomic mass is 35.5. The first kappa shape index (κ1) is 18.9. The summed E-state index contributed by atoms with van der Waals surface area (Å²) in [6.07, 6.45) is 4.38. The minimum absolute atomic E-state index is 0.246. The molecule has 1 heterocycles. The summed E-state index contributed by atoms with van der Waals surface area (Å²) >= 11 is 6.12. The molecule has 0 saturated carbocycles. The smallest absolute Gasteiger partial charge is 0.267 e. The average Bonchev–Trinajstić information content (AvgIpc) is 2.66. The molecule has 5 heteroatoms. The van der Waals surface area contributed by atoms with Crippen LogP contribution in [0.25, 0.3) is 0 Å². The number of carbonyl (C=O) groups excluding carboxylic acids is 1. The van der Waals surface area contributed by atoms with Gasteiger partial charge in [-0.25, -0.2) is 0 Å². The molecule has 0 saturated heterocycles. The first-order valence-corrected chi connectivity index (χ1v) is 9.05. The number of carbonyl (C=O) groups is 1. The number of anilines is 1. The fourth-order valence-electron chi connectivity index (χ4n) is 2.57. The second kappa shape index (κ2) is 8.23. The van der Waals surface area contributed by atoms with Gasteiger partial charge in [-0.05, 0) is 67.8 Å². The van der Waals surface area contributed by atoms with Crippen LogP contribution in [-0.4, -0.2) is 16.5 Å². The number of nitrogens with zero attached hydrogens (tertiary/aromatic N) is 1. The standard InChI is InChI=1S/C22H21ClN2O2/c1-22(2,27-20-6-4-3-5-19(20)23)21(26)25-18-9-7-16(8-10-18)15-17-11-13-24-14-12-17/h3-14H,15H2,1-2H3,(H,25,26). The number of rotatable bonds is 6. The van der Waals surface area contributed by atoms with E-state index in [2.05, 4.69) is 10.3 Å². The van der Waals surface area contributed by atoms with Crippen LogP contribution in [0.5, 0.6) is 5.75 Å². The molecule has 0 bridgehead atoms. The summed E-state index contributed by atoms with van der Waals surface area (Å²) in [7, 11) is 0. The molecule has 3 aromatic rings. The summed E-state index contributed by atoms with van der Waals surface area (Å²) in [6, 6.07) is 18.9. The molecule has 0 atom stereocenters. The first-order valence-electron chi connectivity index (χ1n) is 8.67. The van der Waals surface area contributed by atoms with Gasteiger partial charge < -0.3 is 10.1 Å². The molecule has 0 fully saturated rings. The number of nitrogens with one attached hydrogen (secondary N) is 1. The maximum atomic E-state index is 12.6. The van der Waals surface area contributed by atoms with E-state index < -0.39 is 5.60 Å². The van der Waals surface area contributed by atoms with Gasteiger partial charge in [0.05, 0.1) is 5.02 Å². The topological polar surface area (TPSA) is 51.2 Å². The van der Waals surface area contributed by atoms with E-state index in [1.165, 1.54) is 5.56 Å². The molecule has 4 nitrogen and oxygen atoms in total. The number of hydrogen-bond donors (Lipinski definition) is 1. The molecule has 0 aliphatic heterocycles. The fourth-order valence-corrected chi connectivity index (χ4v) is 2.75. The number of halogens is 1. The highest BCUT2D eigenvalue weighted by Gasteiger charge is 2.30. The van der Waals surface area contributed by atoms with Crippen molar-refractivity contribution < 1.29 is 9.53 Å². The molecule has 0 aliphatic carbocycles. The van der Waals surface area contributed by atoms with Crippen LogP contribution in [0.15, 0.2) is 73.1 Å². The van der Waals surface area contributed by atoms with Gasteiger partial charge in [-0.2, -0.15) is 0 Å². The average molecular weight is 381 g/mol. The van der Waals surface area contributed by atoms with Crippen LogP contribution in [0.2, 0.25) is 5.02 Å². The van der Waals surface area contributed by atoms with Crippen LogP contribution >= 0.6 is 11.6 Å². The van der Waals surface area contributed by atoms with Crippen LogP contribution in [0, 0.1) is 0 Å². The van der Waals surface area contributed by atoms with Gasteiger partial charge in [0.1, 0.15) is 5.75 Å². The quantitative estimate of drug-likeness (QED) is 0.645. The Labute approximate surface area is 164 Å². The lowest BCUT2D eigenvalue weighted by Gasteiger charge is -2.25. The van der Waals surface area contributed by atoms with Crippen LogP contribution in [0.4, 0.5) is 5.69 Å². The van der Waals surface area contributed by atoms with Crippen molar-refractivity contribution in [3.63, 3.8) is 0 Å². The van der Waals surface area contributed by atoms with Gasteiger partial charge in [0.15, 0.2) is 5.60 Å². The number of benzene rings is 2. The van der Waals surface area contributed by atoms with Crippen molar-refractivity contribution in [2.45, 2.75) is 25.9 Å². The highest BCUT2D eigenvalue weighted by molar-refractivity contribution is 6.32. The maximum Gasteiger partial charge on any atom is 0.267 e. The lowest BCUT2D eigenvalue weighted by molar-refractivity contribution is -0.128. The zero-order chi connectivity index (χ0) is 19.3. The summed E-state index contributed by atoms with van der Waals surface area (Å²) < 4.78 is 5.82. The van der Waals surface area contributed by atoms with Crippen LogP contribution < -0.4 is 10.1 Å². The predicted molar refractivity (Wildman–Crippen MR) is 108 cm³/mol. The Morgan fingerprint density at radius 2 is 1.63 bits per heavy atom. The Kier molecular flexibility index (Phi) is 5.77. The van der Waals surface area contributed by atoms with Crippen LogP contribution in [0.3, 0.4) is 0 Å². The summed E-state index contributed by atoms with van der Waals surface area (Å²) in [5, 5.41) is 3.37. The molecule has 0 radical (unpaired) electrons. The molecule has 1 aromatic heterocycles. The molecule has 0 unspecified atom stereocenters. The van der Waals surface area contributed by atoms with E-state index in [1.54, 1.807) is 38.4 Å². The summed E-state index contributed by atoms with van der Waals surface area (Å²) in [4.78, 5) is 16.7. The second-order valence-corrected chi connectivity index (χ2v) is 7.13. The Hall–Kier alpha value is -2.85. The van der Waals surface area contributed by atoms with Crippen LogP contribution in [0.1, 0.15) is 25.0 Å². The predicted octanol–water partition coefficient (Wildman–Crippen LogP) is 5.12.